The number of hydrogen-bond acceptors (Lipinski definition) is 5. The lowest BCUT2D eigenvalue weighted by Gasteiger charge is -2.36. The largest absolute Gasteiger partial charge is 0.337 e. The maximum Gasteiger partial charge on any atom is 0.246 e. The van der Waals surface area contributed by atoms with Gasteiger partial charge in [0.15, 0.2) is 0 Å². The van der Waals surface area contributed by atoms with E-state index in [0.29, 0.717) is 24.8 Å². The Labute approximate surface area is 193 Å². The molecule has 0 bridgehead atoms. The fourth-order valence-electron chi connectivity index (χ4n) is 4.26. The third kappa shape index (κ3) is 4.56. The Bertz CT molecular complexity index is 1270. The summed E-state index contributed by atoms with van der Waals surface area (Å²) in [4.78, 5) is 21.6. The molecule has 1 amide bonds. The summed E-state index contributed by atoms with van der Waals surface area (Å²) in [6, 6.07) is 24.2. The summed E-state index contributed by atoms with van der Waals surface area (Å²) < 4.78 is 5.54. The predicted octanol–water partition coefficient (Wildman–Crippen LogP) is 4.81. The van der Waals surface area contributed by atoms with Crippen LogP contribution in [-0.2, 0) is 4.79 Å². The Kier molecular flexibility index (Phi) is 6.00. The fraction of sp³-hybridized carbons (Fsp3) is 0.222. The van der Waals surface area contributed by atoms with Gasteiger partial charge in [0, 0.05) is 37.8 Å². The van der Waals surface area contributed by atoms with Crippen molar-refractivity contribution >= 4 is 22.8 Å². The number of carbonyl (C=O) groups excluding carboxylic acids is 1. The maximum atomic E-state index is 12.8. The van der Waals surface area contributed by atoms with Gasteiger partial charge in [-0.25, -0.2) is 0 Å². The van der Waals surface area contributed by atoms with Crippen LogP contribution in [0.1, 0.15) is 24.4 Å². The molecule has 4 aromatic rings. The molecule has 6 nitrogen and oxygen atoms in total. The van der Waals surface area contributed by atoms with Crippen molar-refractivity contribution in [3.63, 3.8) is 0 Å². The van der Waals surface area contributed by atoms with Crippen LogP contribution in [0, 0.1) is 0 Å². The number of benzene rings is 3. The normalized spacial score (nSPS) is 15.8. The first-order valence-corrected chi connectivity index (χ1v) is 11.3. The molecule has 1 saturated heterocycles. The molecule has 1 atom stereocenters. The van der Waals surface area contributed by atoms with Crippen LogP contribution in [-0.4, -0.2) is 52.0 Å². The van der Waals surface area contributed by atoms with Gasteiger partial charge in [-0.2, -0.15) is 4.98 Å². The highest BCUT2D eigenvalue weighted by Crippen LogP contribution is 2.24. The summed E-state index contributed by atoms with van der Waals surface area (Å²) in [7, 11) is 0. The minimum absolute atomic E-state index is 0.00144. The molecule has 0 spiro atoms. The zero-order chi connectivity index (χ0) is 22.6. The second-order valence-electron chi connectivity index (χ2n) is 8.26. The van der Waals surface area contributed by atoms with E-state index in [1.165, 1.54) is 5.39 Å². The van der Waals surface area contributed by atoms with Gasteiger partial charge in [0.2, 0.25) is 17.6 Å². The van der Waals surface area contributed by atoms with Crippen LogP contribution in [0.2, 0.25) is 0 Å². The van der Waals surface area contributed by atoms with Gasteiger partial charge >= 0.3 is 0 Å². The lowest BCUT2D eigenvalue weighted by molar-refractivity contribution is -0.128. The summed E-state index contributed by atoms with van der Waals surface area (Å²) in [5.41, 5.74) is 1.99. The van der Waals surface area contributed by atoms with E-state index >= 15 is 0 Å². The highest BCUT2D eigenvalue weighted by atomic mass is 16.5. The highest BCUT2D eigenvalue weighted by Gasteiger charge is 2.27. The minimum Gasteiger partial charge on any atom is -0.337 e. The Morgan fingerprint density at radius 3 is 2.48 bits per heavy atom. The van der Waals surface area contributed by atoms with Crippen molar-refractivity contribution in [2.45, 2.75) is 13.0 Å². The molecule has 0 saturated carbocycles. The van der Waals surface area contributed by atoms with E-state index in [0.717, 1.165) is 29.6 Å². The van der Waals surface area contributed by atoms with E-state index in [4.69, 9.17) is 4.52 Å². The quantitative estimate of drug-likeness (QED) is 0.419. The third-order valence-corrected chi connectivity index (χ3v) is 6.23. The number of piperazine rings is 1. The molecule has 1 aliphatic heterocycles. The Hall–Kier alpha value is -3.77. The molecule has 5 rings (SSSR count). The summed E-state index contributed by atoms with van der Waals surface area (Å²) in [5, 5.41) is 6.46. The number of amides is 1. The first-order valence-electron chi connectivity index (χ1n) is 11.3. The van der Waals surface area contributed by atoms with Crippen molar-refractivity contribution in [3.8, 4) is 11.4 Å². The van der Waals surface area contributed by atoms with E-state index in [2.05, 4.69) is 40.2 Å². The molecular formula is C27H26N4O2. The van der Waals surface area contributed by atoms with E-state index in [9.17, 15) is 4.79 Å². The van der Waals surface area contributed by atoms with Gasteiger partial charge in [-0.3, -0.25) is 9.69 Å². The van der Waals surface area contributed by atoms with Gasteiger partial charge in [-0.1, -0.05) is 78.0 Å². The average molecular weight is 439 g/mol. The molecule has 0 radical (unpaired) electrons. The van der Waals surface area contributed by atoms with Gasteiger partial charge in [0.25, 0.3) is 0 Å². The van der Waals surface area contributed by atoms with Crippen molar-refractivity contribution < 1.29 is 9.32 Å². The van der Waals surface area contributed by atoms with Crippen LogP contribution >= 0.6 is 0 Å². The van der Waals surface area contributed by atoms with Crippen LogP contribution in [0.5, 0.6) is 0 Å². The molecular weight excluding hydrogens is 412 g/mol. The molecule has 1 unspecified atom stereocenters. The molecule has 0 N–H and O–H groups in total. The molecule has 1 aliphatic rings. The molecule has 0 aliphatic carbocycles. The number of hydrogen-bond donors (Lipinski definition) is 0. The van der Waals surface area contributed by atoms with Crippen LogP contribution in [0.15, 0.2) is 83.4 Å². The molecule has 33 heavy (non-hydrogen) atoms. The topological polar surface area (TPSA) is 62.5 Å². The number of rotatable bonds is 5. The summed E-state index contributed by atoms with van der Waals surface area (Å²) in [5.74, 6) is 1.24. The van der Waals surface area contributed by atoms with E-state index in [1.807, 2.05) is 65.6 Å². The zero-order valence-corrected chi connectivity index (χ0v) is 18.6. The molecule has 166 valence electrons. The summed E-state index contributed by atoms with van der Waals surface area (Å²) >= 11 is 0. The fourth-order valence-corrected chi connectivity index (χ4v) is 4.26. The lowest BCUT2D eigenvalue weighted by Crippen LogP contribution is -2.48. The Morgan fingerprint density at radius 2 is 1.67 bits per heavy atom. The van der Waals surface area contributed by atoms with Crippen LogP contribution < -0.4 is 0 Å². The van der Waals surface area contributed by atoms with E-state index in [-0.39, 0.29) is 11.9 Å². The van der Waals surface area contributed by atoms with Gasteiger partial charge in [0.1, 0.15) is 0 Å². The smallest absolute Gasteiger partial charge is 0.246 e. The third-order valence-electron chi connectivity index (χ3n) is 6.23. The van der Waals surface area contributed by atoms with Gasteiger partial charge in [-0.15, -0.1) is 0 Å². The van der Waals surface area contributed by atoms with Gasteiger partial charge in [-0.05, 0) is 29.3 Å². The zero-order valence-electron chi connectivity index (χ0n) is 18.6. The molecule has 6 heteroatoms. The second-order valence-corrected chi connectivity index (χ2v) is 8.26. The number of aromatic nitrogens is 2. The SMILES string of the molecule is CC(c1nc(-c2ccccc2)no1)N1CCN(C(=O)/C=C/c2cccc3ccccc23)CC1. The van der Waals surface area contributed by atoms with Crippen LogP contribution in [0.4, 0.5) is 0 Å². The van der Waals surface area contributed by atoms with Crippen LogP contribution in [0.3, 0.4) is 0 Å². The summed E-state index contributed by atoms with van der Waals surface area (Å²) in [6.07, 6.45) is 3.61. The molecule has 1 fully saturated rings. The summed E-state index contributed by atoms with van der Waals surface area (Å²) in [6.45, 7) is 4.93. The monoisotopic (exact) mass is 438 g/mol. The maximum absolute atomic E-state index is 12.8. The average Bonchev–Trinajstić information content (AvgIpc) is 3.38. The predicted molar refractivity (Wildman–Crippen MR) is 129 cm³/mol. The molecule has 3 aromatic carbocycles. The standard InChI is InChI=1S/C27H26N4O2/c1-20(27-28-26(29-33-27)23-9-3-2-4-10-23)30-16-18-31(19-17-30)25(32)15-14-22-12-7-11-21-8-5-6-13-24(21)22/h2-15,20H,16-19H2,1H3/b15-14+. The number of nitrogens with zero attached hydrogens (tertiary/aromatic N) is 4. The van der Waals surface area contributed by atoms with Gasteiger partial charge < -0.3 is 9.42 Å². The highest BCUT2D eigenvalue weighted by molar-refractivity contribution is 5.96. The second kappa shape index (κ2) is 9.38. The number of fused-ring (bicyclic) bond motifs is 1. The first kappa shape index (κ1) is 21.1. The van der Waals surface area contributed by atoms with Gasteiger partial charge in [0.05, 0.1) is 6.04 Å². The first-order chi connectivity index (χ1) is 16.2. The van der Waals surface area contributed by atoms with Crippen molar-refractivity contribution in [1.82, 2.24) is 19.9 Å². The molecule has 1 aromatic heterocycles. The van der Waals surface area contributed by atoms with E-state index < -0.39 is 0 Å². The van der Waals surface area contributed by atoms with Crippen molar-refractivity contribution in [1.29, 1.82) is 0 Å². The van der Waals surface area contributed by atoms with Crippen molar-refractivity contribution in [2.75, 3.05) is 26.2 Å². The van der Waals surface area contributed by atoms with Crippen LogP contribution in [0.25, 0.3) is 28.2 Å². The Morgan fingerprint density at radius 1 is 0.939 bits per heavy atom. The lowest BCUT2D eigenvalue weighted by atomic mass is 10.0. The Balaban J connectivity index is 1.20. The van der Waals surface area contributed by atoms with Crippen molar-refractivity contribution in [2.24, 2.45) is 0 Å². The minimum atomic E-state index is -0.00144. The number of carbonyl (C=O) groups is 1. The van der Waals surface area contributed by atoms with Crippen molar-refractivity contribution in [3.05, 3.63) is 90.3 Å². The molecule has 2 heterocycles. The van der Waals surface area contributed by atoms with E-state index in [1.54, 1.807) is 6.08 Å².